The van der Waals surface area contributed by atoms with Gasteiger partial charge in [0.1, 0.15) is 24.2 Å². The number of aliphatic hydroxyl groups excluding tert-OH is 2. The Hall–Kier alpha value is -2.28. The zero-order chi connectivity index (χ0) is 21.9. The molecule has 162 valence electrons. The fourth-order valence-corrected chi connectivity index (χ4v) is 2.11. The van der Waals surface area contributed by atoms with Crippen molar-refractivity contribution in [3.05, 3.63) is 0 Å². The van der Waals surface area contributed by atoms with Crippen LogP contribution in [0.3, 0.4) is 0 Å². The van der Waals surface area contributed by atoms with Crippen molar-refractivity contribution in [2.75, 3.05) is 13.2 Å². The fraction of sp³-hybridized carbons (Fsp3) is 0.750. The van der Waals surface area contributed by atoms with Crippen LogP contribution in [-0.4, -0.2) is 82.4 Å². The summed E-state index contributed by atoms with van der Waals surface area (Å²) in [6, 6.07) is -4.95. The minimum absolute atomic E-state index is 0.147. The molecule has 0 rings (SSSR count). The Balaban J connectivity index is 4.79. The molecular weight excluding hydrogens is 374 g/mol. The molecule has 0 aromatic carbocycles. The first-order valence-electron chi connectivity index (χ1n) is 8.93. The third kappa shape index (κ3) is 9.08. The third-order valence-electron chi connectivity index (χ3n) is 3.95. The van der Waals surface area contributed by atoms with Gasteiger partial charge in [0.15, 0.2) is 0 Å². The molecule has 0 aliphatic heterocycles. The van der Waals surface area contributed by atoms with Crippen molar-refractivity contribution < 1.29 is 34.5 Å². The van der Waals surface area contributed by atoms with Gasteiger partial charge in [0, 0.05) is 0 Å². The molecule has 12 heteroatoms. The number of carboxylic acids is 1. The van der Waals surface area contributed by atoms with E-state index >= 15 is 0 Å². The number of aliphatic hydroxyl groups is 2. The van der Waals surface area contributed by atoms with E-state index in [4.69, 9.17) is 16.6 Å². The van der Waals surface area contributed by atoms with Crippen molar-refractivity contribution in [2.24, 2.45) is 11.5 Å². The molecule has 0 aromatic rings. The zero-order valence-electron chi connectivity index (χ0n) is 16.1. The molecule has 5 atom stereocenters. The standard InChI is InChI=1S/C16H31N5O7/c1-8(19-15(26)12(18)9(2)23)13(24)21-11(7-22)14(25)20-10(16(27)28)5-3-4-6-17/h8-12,22-23H,3-7,17-18H2,1-2H3,(H,19,26)(H,20,25)(H,21,24)(H,27,28). The first-order valence-corrected chi connectivity index (χ1v) is 8.93. The normalized spacial score (nSPS) is 16.2. The van der Waals surface area contributed by atoms with E-state index in [9.17, 15) is 29.4 Å². The second-order valence-corrected chi connectivity index (χ2v) is 6.42. The summed E-state index contributed by atoms with van der Waals surface area (Å²) in [5.41, 5.74) is 10.8. The van der Waals surface area contributed by atoms with Crippen molar-refractivity contribution in [1.29, 1.82) is 0 Å². The largest absolute Gasteiger partial charge is 0.480 e. The highest BCUT2D eigenvalue weighted by Gasteiger charge is 2.28. The van der Waals surface area contributed by atoms with Crippen LogP contribution < -0.4 is 27.4 Å². The molecule has 0 saturated carbocycles. The maximum absolute atomic E-state index is 12.2. The maximum Gasteiger partial charge on any atom is 0.326 e. The van der Waals surface area contributed by atoms with E-state index in [0.29, 0.717) is 19.4 Å². The fourth-order valence-electron chi connectivity index (χ4n) is 2.11. The number of carbonyl (C=O) groups excluding carboxylic acids is 3. The van der Waals surface area contributed by atoms with Crippen LogP contribution in [-0.2, 0) is 19.2 Å². The van der Waals surface area contributed by atoms with Crippen LogP contribution in [0.1, 0.15) is 33.1 Å². The monoisotopic (exact) mass is 405 g/mol. The van der Waals surface area contributed by atoms with Crippen LogP contribution in [0, 0.1) is 0 Å². The Morgan fingerprint density at radius 1 is 0.929 bits per heavy atom. The Morgan fingerprint density at radius 2 is 1.50 bits per heavy atom. The van der Waals surface area contributed by atoms with Gasteiger partial charge in [-0.2, -0.15) is 0 Å². The molecule has 0 fully saturated rings. The highest BCUT2D eigenvalue weighted by molar-refractivity contribution is 5.94. The van der Waals surface area contributed by atoms with Gasteiger partial charge < -0.3 is 42.7 Å². The molecule has 0 saturated heterocycles. The topological polar surface area (TPSA) is 217 Å². The summed E-state index contributed by atoms with van der Waals surface area (Å²) in [6.07, 6.45) is 0.0920. The quantitative estimate of drug-likeness (QED) is 0.142. The Kier molecular flexibility index (Phi) is 11.9. The number of amides is 3. The molecule has 0 aliphatic rings. The summed E-state index contributed by atoms with van der Waals surface area (Å²) >= 11 is 0. The lowest BCUT2D eigenvalue weighted by atomic mass is 10.1. The van der Waals surface area contributed by atoms with Gasteiger partial charge in [0.25, 0.3) is 0 Å². The molecule has 0 spiro atoms. The van der Waals surface area contributed by atoms with Gasteiger partial charge in [-0.3, -0.25) is 14.4 Å². The molecule has 5 unspecified atom stereocenters. The van der Waals surface area contributed by atoms with E-state index in [1.807, 2.05) is 0 Å². The summed E-state index contributed by atoms with van der Waals surface area (Å²) in [4.78, 5) is 47.3. The van der Waals surface area contributed by atoms with Gasteiger partial charge in [-0.15, -0.1) is 0 Å². The number of rotatable bonds is 13. The minimum Gasteiger partial charge on any atom is -0.480 e. The lowest BCUT2D eigenvalue weighted by Gasteiger charge is -2.23. The average molecular weight is 405 g/mol. The van der Waals surface area contributed by atoms with Crippen molar-refractivity contribution in [1.82, 2.24) is 16.0 Å². The van der Waals surface area contributed by atoms with E-state index in [1.165, 1.54) is 13.8 Å². The summed E-state index contributed by atoms with van der Waals surface area (Å²) in [6.45, 7) is 2.24. The smallest absolute Gasteiger partial charge is 0.326 e. The third-order valence-corrected chi connectivity index (χ3v) is 3.95. The molecule has 0 bridgehead atoms. The second kappa shape index (κ2) is 13.0. The van der Waals surface area contributed by atoms with E-state index in [1.54, 1.807) is 0 Å². The van der Waals surface area contributed by atoms with Crippen LogP contribution in [0.25, 0.3) is 0 Å². The van der Waals surface area contributed by atoms with Crippen molar-refractivity contribution in [3.63, 3.8) is 0 Å². The number of hydrogen-bond acceptors (Lipinski definition) is 8. The van der Waals surface area contributed by atoms with Crippen LogP contribution in [0.4, 0.5) is 0 Å². The lowest BCUT2D eigenvalue weighted by Crippen LogP contribution is -2.58. The molecule has 3 amide bonds. The second-order valence-electron chi connectivity index (χ2n) is 6.42. The van der Waals surface area contributed by atoms with Crippen LogP contribution in [0.2, 0.25) is 0 Å². The van der Waals surface area contributed by atoms with E-state index in [-0.39, 0.29) is 6.42 Å². The number of unbranched alkanes of at least 4 members (excludes halogenated alkanes) is 1. The zero-order valence-corrected chi connectivity index (χ0v) is 16.1. The summed E-state index contributed by atoms with van der Waals surface area (Å²) < 4.78 is 0. The van der Waals surface area contributed by atoms with Gasteiger partial charge in [0.05, 0.1) is 12.7 Å². The average Bonchev–Trinajstić information content (AvgIpc) is 2.63. The highest BCUT2D eigenvalue weighted by Crippen LogP contribution is 2.02. The molecule has 12 nitrogen and oxygen atoms in total. The van der Waals surface area contributed by atoms with Crippen molar-refractivity contribution >= 4 is 23.7 Å². The highest BCUT2D eigenvalue weighted by atomic mass is 16.4. The van der Waals surface area contributed by atoms with Gasteiger partial charge in [-0.25, -0.2) is 4.79 Å². The number of nitrogens with two attached hydrogens (primary N) is 2. The Morgan fingerprint density at radius 3 is 1.96 bits per heavy atom. The minimum atomic E-state index is -1.41. The predicted octanol–water partition coefficient (Wildman–Crippen LogP) is -3.63. The van der Waals surface area contributed by atoms with Crippen LogP contribution in [0.5, 0.6) is 0 Å². The van der Waals surface area contributed by atoms with Gasteiger partial charge in [-0.05, 0) is 39.7 Å². The number of carboxylic acid groups (broad SMARTS) is 1. The Labute approximate surface area is 163 Å². The maximum atomic E-state index is 12.2. The molecule has 0 aromatic heterocycles. The number of hydrogen-bond donors (Lipinski definition) is 8. The molecule has 10 N–H and O–H groups in total. The van der Waals surface area contributed by atoms with Crippen molar-refractivity contribution in [3.8, 4) is 0 Å². The van der Waals surface area contributed by atoms with Gasteiger partial charge >= 0.3 is 5.97 Å². The molecule has 0 aliphatic carbocycles. The Bertz CT molecular complexity index is 543. The summed E-state index contributed by atoms with van der Waals surface area (Å²) in [5.74, 6) is -3.69. The lowest BCUT2D eigenvalue weighted by molar-refractivity contribution is -0.142. The first-order chi connectivity index (χ1) is 13.0. The number of nitrogens with one attached hydrogen (secondary N) is 3. The van der Waals surface area contributed by atoms with Crippen LogP contribution in [0.15, 0.2) is 0 Å². The van der Waals surface area contributed by atoms with E-state index in [0.717, 1.165) is 0 Å². The summed E-state index contributed by atoms with van der Waals surface area (Å²) in [7, 11) is 0. The number of aliphatic carboxylic acids is 1. The molecule has 0 radical (unpaired) electrons. The van der Waals surface area contributed by atoms with E-state index in [2.05, 4.69) is 16.0 Å². The first kappa shape index (κ1) is 25.7. The van der Waals surface area contributed by atoms with Crippen LogP contribution >= 0.6 is 0 Å². The van der Waals surface area contributed by atoms with Crippen molar-refractivity contribution in [2.45, 2.75) is 63.4 Å². The number of carbonyl (C=O) groups is 4. The van der Waals surface area contributed by atoms with Gasteiger partial charge in [-0.1, -0.05) is 0 Å². The molecular formula is C16H31N5O7. The van der Waals surface area contributed by atoms with Gasteiger partial charge in [0.2, 0.25) is 17.7 Å². The van der Waals surface area contributed by atoms with E-state index < -0.39 is 60.6 Å². The SMILES string of the molecule is CC(NC(=O)C(N)C(C)O)C(=O)NC(CO)C(=O)NC(CCCCN)C(=O)O. The molecule has 0 heterocycles. The summed E-state index contributed by atoms with van der Waals surface area (Å²) in [5, 5.41) is 34.5. The predicted molar refractivity (Wildman–Crippen MR) is 98.7 cm³/mol. The molecule has 28 heavy (non-hydrogen) atoms.